The third kappa shape index (κ3) is 2.69. The monoisotopic (exact) mass is 276 g/mol. The van der Waals surface area contributed by atoms with E-state index in [-0.39, 0.29) is 30.6 Å². The van der Waals surface area contributed by atoms with Crippen molar-refractivity contribution in [3.63, 3.8) is 0 Å². The number of aromatic nitrogens is 1. The van der Waals surface area contributed by atoms with Crippen LogP contribution in [0.4, 0.5) is 0 Å². The Morgan fingerprint density at radius 1 is 1.50 bits per heavy atom. The largest absolute Gasteiger partial charge is 0.396 e. The normalized spacial score (nSPS) is 29.2. The number of carbonyl (C=O) groups is 1. The predicted molar refractivity (Wildman–Crippen MR) is 73.0 cm³/mol. The molecular weight excluding hydrogens is 256 g/mol. The molecule has 5 nitrogen and oxygen atoms in total. The summed E-state index contributed by atoms with van der Waals surface area (Å²) in [6.45, 7) is 1.43. The van der Waals surface area contributed by atoms with Crippen LogP contribution in [0.5, 0.6) is 0 Å². The minimum absolute atomic E-state index is 0.0961. The minimum atomic E-state index is 0.0961. The molecule has 108 valence electrons. The van der Waals surface area contributed by atoms with Gasteiger partial charge in [0.15, 0.2) is 0 Å². The van der Waals surface area contributed by atoms with Crippen molar-refractivity contribution in [2.75, 3.05) is 19.8 Å². The van der Waals surface area contributed by atoms with Crippen LogP contribution in [0.25, 0.3) is 0 Å². The second kappa shape index (κ2) is 5.89. The average Bonchev–Trinajstić information content (AvgIpc) is 2.91. The summed E-state index contributed by atoms with van der Waals surface area (Å²) in [6.07, 6.45) is 5.64. The molecule has 0 spiro atoms. The van der Waals surface area contributed by atoms with Gasteiger partial charge in [-0.25, -0.2) is 0 Å². The number of fused-ring (bicyclic) bond motifs is 1. The van der Waals surface area contributed by atoms with Gasteiger partial charge in [-0.15, -0.1) is 0 Å². The molecule has 1 amide bonds. The quantitative estimate of drug-likeness (QED) is 0.879. The first kappa shape index (κ1) is 13.5. The first-order chi connectivity index (χ1) is 9.78. The molecule has 2 aliphatic rings. The Morgan fingerprint density at radius 2 is 2.40 bits per heavy atom. The summed E-state index contributed by atoms with van der Waals surface area (Å²) >= 11 is 0. The molecule has 2 fully saturated rings. The Morgan fingerprint density at radius 3 is 3.15 bits per heavy atom. The van der Waals surface area contributed by atoms with Crippen LogP contribution in [0.1, 0.15) is 18.4 Å². The van der Waals surface area contributed by atoms with Crippen LogP contribution in [-0.4, -0.2) is 52.8 Å². The van der Waals surface area contributed by atoms with Gasteiger partial charge in [-0.05, 0) is 30.4 Å². The lowest BCUT2D eigenvalue weighted by molar-refractivity contribution is -0.143. The van der Waals surface area contributed by atoms with Crippen LogP contribution in [0.3, 0.4) is 0 Å². The molecule has 1 aliphatic carbocycles. The first-order valence-corrected chi connectivity index (χ1v) is 7.18. The van der Waals surface area contributed by atoms with E-state index in [0.29, 0.717) is 19.6 Å². The molecule has 5 heteroatoms. The van der Waals surface area contributed by atoms with Crippen LogP contribution < -0.4 is 0 Å². The minimum Gasteiger partial charge on any atom is -0.396 e. The Labute approximate surface area is 118 Å². The van der Waals surface area contributed by atoms with E-state index in [1.54, 1.807) is 12.4 Å². The van der Waals surface area contributed by atoms with Gasteiger partial charge in [0.05, 0.1) is 25.2 Å². The predicted octanol–water partition coefficient (Wildman–Crippen LogP) is 0.622. The van der Waals surface area contributed by atoms with Gasteiger partial charge in [-0.2, -0.15) is 0 Å². The van der Waals surface area contributed by atoms with Gasteiger partial charge in [0.2, 0.25) is 5.91 Å². The summed E-state index contributed by atoms with van der Waals surface area (Å²) in [6, 6.07) is 3.90. The van der Waals surface area contributed by atoms with Crippen LogP contribution in [0.15, 0.2) is 24.5 Å². The maximum atomic E-state index is 12.5. The van der Waals surface area contributed by atoms with Crippen molar-refractivity contribution in [1.29, 1.82) is 0 Å². The fourth-order valence-electron chi connectivity index (χ4n) is 3.29. The molecule has 3 atom stereocenters. The van der Waals surface area contributed by atoms with E-state index in [9.17, 15) is 9.90 Å². The van der Waals surface area contributed by atoms with Gasteiger partial charge in [0.25, 0.3) is 0 Å². The second-order valence-electron chi connectivity index (χ2n) is 5.62. The fraction of sp³-hybridized carbons (Fsp3) is 0.600. The molecule has 0 bridgehead atoms. The Bertz CT molecular complexity index is 465. The van der Waals surface area contributed by atoms with Crippen molar-refractivity contribution in [1.82, 2.24) is 9.88 Å². The number of morpholine rings is 1. The fourth-order valence-corrected chi connectivity index (χ4v) is 3.29. The van der Waals surface area contributed by atoms with Gasteiger partial charge in [0.1, 0.15) is 0 Å². The molecule has 1 aliphatic heterocycles. The van der Waals surface area contributed by atoms with Gasteiger partial charge in [-0.1, -0.05) is 6.07 Å². The molecule has 1 N–H and O–H groups in total. The molecule has 1 saturated carbocycles. The lowest BCUT2D eigenvalue weighted by Crippen LogP contribution is -2.51. The molecule has 0 unspecified atom stereocenters. The number of ether oxygens (including phenoxy) is 1. The van der Waals surface area contributed by atoms with E-state index in [0.717, 1.165) is 18.4 Å². The number of amides is 1. The molecule has 1 saturated heterocycles. The number of hydrogen-bond donors (Lipinski definition) is 1. The Balaban J connectivity index is 1.68. The van der Waals surface area contributed by atoms with E-state index < -0.39 is 0 Å². The molecule has 0 radical (unpaired) electrons. The number of carbonyl (C=O) groups excluding carboxylic acids is 1. The van der Waals surface area contributed by atoms with Crippen molar-refractivity contribution in [2.45, 2.75) is 31.4 Å². The van der Waals surface area contributed by atoms with E-state index in [2.05, 4.69) is 4.98 Å². The highest BCUT2D eigenvalue weighted by Gasteiger charge is 2.42. The maximum absolute atomic E-state index is 12.5. The van der Waals surface area contributed by atoms with E-state index in [1.807, 2.05) is 17.0 Å². The van der Waals surface area contributed by atoms with Crippen LogP contribution in [0, 0.1) is 5.92 Å². The van der Waals surface area contributed by atoms with Crippen molar-refractivity contribution < 1.29 is 14.6 Å². The summed E-state index contributed by atoms with van der Waals surface area (Å²) in [5.74, 6) is 0.395. The molecule has 1 aromatic heterocycles. The summed E-state index contributed by atoms with van der Waals surface area (Å²) in [5.41, 5.74) is 0.942. The average molecular weight is 276 g/mol. The molecule has 2 heterocycles. The molecule has 20 heavy (non-hydrogen) atoms. The highest BCUT2D eigenvalue weighted by molar-refractivity contribution is 5.79. The van der Waals surface area contributed by atoms with Crippen molar-refractivity contribution in [3.05, 3.63) is 30.1 Å². The third-order valence-electron chi connectivity index (χ3n) is 4.29. The topological polar surface area (TPSA) is 62.7 Å². The number of nitrogens with zero attached hydrogens (tertiary/aromatic N) is 2. The molecule has 1 aromatic rings. The molecule has 0 aromatic carbocycles. The SMILES string of the molecule is O=C(Cc1cccnc1)N1CCO[C@H]2C[C@H](CO)C[C@@H]21. The number of pyridine rings is 1. The van der Waals surface area contributed by atoms with Crippen LogP contribution >= 0.6 is 0 Å². The molecular formula is C15H20N2O3. The summed E-state index contributed by atoms with van der Waals surface area (Å²) in [7, 11) is 0. The zero-order chi connectivity index (χ0) is 13.9. The van der Waals surface area contributed by atoms with Crippen LogP contribution in [-0.2, 0) is 16.0 Å². The standard InChI is InChI=1S/C15H20N2O3/c18-10-12-6-13-14(7-12)20-5-4-17(13)15(19)8-11-2-1-3-16-9-11/h1-3,9,12-14,18H,4-8,10H2/t12-,13+,14+/m1/s1. The summed E-state index contributed by atoms with van der Waals surface area (Å²) in [5, 5.41) is 9.31. The highest BCUT2D eigenvalue weighted by atomic mass is 16.5. The van der Waals surface area contributed by atoms with Gasteiger partial charge in [0, 0.05) is 25.5 Å². The summed E-state index contributed by atoms with van der Waals surface area (Å²) in [4.78, 5) is 18.5. The maximum Gasteiger partial charge on any atom is 0.227 e. The number of hydrogen-bond acceptors (Lipinski definition) is 4. The number of aliphatic hydroxyl groups excluding tert-OH is 1. The van der Waals surface area contributed by atoms with Gasteiger partial charge >= 0.3 is 0 Å². The van der Waals surface area contributed by atoms with Crippen molar-refractivity contribution >= 4 is 5.91 Å². The lowest BCUT2D eigenvalue weighted by atomic mass is 10.1. The number of rotatable bonds is 3. The number of aliphatic hydroxyl groups is 1. The van der Waals surface area contributed by atoms with Crippen LogP contribution in [0.2, 0.25) is 0 Å². The zero-order valence-electron chi connectivity index (χ0n) is 11.4. The first-order valence-electron chi connectivity index (χ1n) is 7.18. The van der Waals surface area contributed by atoms with E-state index >= 15 is 0 Å². The molecule has 3 rings (SSSR count). The second-order valence-corrected chi connectivity index (χ2v) is 5.62. The third-order valence-corrected chi connectivity index (χ3v) is 4.29. The highest BCUT2D eigenvalue weighted by Crippen LogP contribution is 2.34. The van der Waals surface area contributed by atoms with Crippen molar-refractivity contribution in [2.24, 2.45) is 5.92 Å². The Kier molecular flexibility index (Phi) is 3.98. The Hall–Kier alpha value is -1.46. The zero-order valence-corrected chi connectivity index (χ0v) is 11.4. The van der Waals surface area contributed by atoms with Gasteiger partial charge < -0.3 is 14.7 Å². The lowest BCUT2D eigenvalue weighted by Gasteiger charge is -2.37. The van der Waals surface area contributed by atoms with E-state index in [4.69, 9.17) is 4.74 Å². The van der Waals surface area contributed by atoms with Gasteiger partial charge in [-0.3, -0.25) is 9.78 Å². The summed E-state index contributed by atoms with van der Waals surface area (Å²) < 4.78 is 5.75. The smallest absolute Gasteiger partial charge is 0.227 e. The van der Waals surface area contributed by atoms with Crippen molar-refractivity contribution in [3.8, 4) is 0 Å². The van der Waals surface area contributed by atoms with E-state index in [1.165, 1.54) is 0 Å².